The molecule has 4 rings (SSSR count). The number of amidine groups is 1. The first kappa shape index (κ1) is 16.3. The average molecular weight is 350 g/mol. The van der Waals surface area contributed by atoms with Gasteiger partial charge < -0.3 is 9.80 Å². The van der Waals surface area contributed by atoms with Gasteiger partial charge in [-0.15, -0.1) is 0 Å². The maximum Gasteiger partial charge on any atom is 0.137 e. The summed E-state index contributed by atoms with van der Waals surface area (Å²) in [6, 6.07) is 17.1. The molecule has 0 saturated carbocycles. The summed E-state index contributed by atoms with van der Waals surface area (Å²) < 4.78 is 0. The van der Waals surface area contributed by atoms with E-state index in [9.17, 15) is 0 Å². The van der Waals surface area contributed by atoms with Crippen molar-refractivity contribution in [1.29, 1.82) is 0 Å². The molecular formula is C21H23N3S. The smallest absolute Gasteiger partial charge is 0.137 e. The van der Waals surface area contributed by atoms with Gasteiger partial charge in [-0.25, -0.2) is 4.99 Å². The van der Waals surface area contributed by atoms with Crippen molar-refractivity contribution >= 4 is 23.3 Å². The SMILES string of the molecule is C/C=C(/C)N1CCN(C2=Nc3ccccc3Sc3ccccc32)CC1. The minimum Gasteiger partial charge on any atom is -0.372 e. The summed E-state index contributed by atoms with van der Waals surface area (Å²) in [5.41, 5.74) is 3.69. The summed E-state index contributed by atoms with van der Waals surface area (Å²) >= 11 is 1.82. The topological polar surface area (TPSA) is 18.8 Å². The first-order chi connectivity index (χ1) is 12.3. The van der Waals surface area contributed by atoms with Crippen molar-refractivity contribution < 1.29 is 0 Å². The minimum atomic E-state index is 1.01. The first-order valence-corrected chi connectivity index (χ1v) is 9.65. The molecule has 0 spiro atoms. The van der Waals surface area contributed by atoms with Crippen LogP contribution in [0, 0.1) is 0 Å². The number of benzene rings is 2. The lowest BCUT2D eigenvalue weighted by molar-refractivity contribution is 0.222. The van der Waals surface area contributed by atoms with E-state index in [1.54, 1.807) is 0 Å². The lowest BCUT2D eigenvalue weighted by atomic mass is 10.1. The Balaban J connectivity index is 1.69. The van der Waals surface area contributed by atoms with Gasteiger partial charge >= 0.3 is 0 Å². The number of allylic oxidation sites excluding steroid dienone is 2. The zero-order chi connectivity index (χ0) is 17.2. The fourth-order valence-electron chi connectivity index (χ4n) is 3.36. The second-order valence-corrected chi connectivity index (χ2v) is 7.49. The van der Waals surface area contributed by atoms with Crippen molar-refractivity contribution in [3.05, 3.63) is 65.9 Å². The van der Waals surface area contributed by atoms with Gasteiger partial charge in [-0.2, -0.15) is 0 Å². The third kappa shape index (κ3) is 3.19. The molecule has 0 radical (unpaired) electrons. The largest absolute Gasteiger partial charge is 0.372 e. The predicted octanol–water partition coefficient (Wildman–Crippen LogP) is 4.77. The Morgan fingerprint density at radius 2 is 1.64 bits per heavy atom. The summed E-state index contributed by atoms with van der Waals surface area (Å²) in [4.78, 5) is 12.5. The van der Waals surface area contributed by atoms with Gasteiger partial charge in [-0.1, -0.05) is 48.2 Å². The summed E-state index contributed by atoms with van der Waals surface area (Å²) in [6.45, 7) is 8.41. The molecule has 4 heteroatoms. The van der Waals surface area contributed by atoms with Gasteiger partial charge in [-0.3, -0.25) is 0 Å². The van der Waals surface area contributed by atoms with E-state index in [-0.39, 0.29) is 0 Å². The molecule has 0 N–H and O–H groups in total. The van der Waals surface area contributed by atoms with Crippen LogP contribution in [0.3, 0.4) is 0 Å². The Labute approximate surface area is 154 Å². The Kier molecular flexibility index (Phi) is 4.53. The number of piperazine rings is 1. The summed E-state index contributed by atoms with van der Waals surface area (Å²) in [5, 5.41) is 0. The van der Waals surface area contributed by atoms with Crippen LogP contribution in [0.15, 0.2) is 75.1 Å². The van der Waals surface area contributed by atoms with Gasteiger partial charge in [0.15, 0.2) is 0 Å². The van der Waals surface area contributed by atoms with Crippen molar-refractivity contribution in [3.8, 4) is 0 Å². The van der Waals surface area contributed by atoms with E-state index in [1.165, 1.54) is 21.1 Å². The number of hydrogen-bond acceptors (Lipinski definition) is 4. The van der Waals surface area contributed by atoms with E-state index in [1.807, 2.05) is 11.8 Å². The highest BCUT2D eigenvalue weighted by atomic mass is 32.2. The second-order valence-electron chi connectivity index (χ2n) is 6.41. The van der Waals surface area contributed by atoms with Crippen molar-refractivity contribution in [3.63, 3.8) is 0 Å². The summed E-state index contributed by atoms with van der Waals surface area (Å²) in [5.74, 6) is 1.12. The van der Waals surface area contributed by atoms with E-state index in [0.29, 0.717) is 0 Å². The van der Waals surface area contributed by atoms with Gasteiger partial charge in [0, 0.05) is 47.2 Å². The van der Waals surface area contributed by atoms with E-state index in [2.05, 4.69) is 78.3 Å². The van der Waals surface area contributed by atoms with Crippen LogP contribution in [0.1, 0.15) is 19.4 Å². The van der Waals surface area contributed by atoms with Crippen molar-refractivity contribution in [2.24, 2.45) is 4.99 Å². The van der Waals surface area contributed by atoms with Gasteiger partial charge in [0.05, 0.1) is 5.69 Å². The highest BCUT2D eigenvalue weighted by molar-refractivity contribution is 7.99. The molecule has 128 valence electrons. The molecule has 0 aromatic heterocycles. The molecule has 1 saturated heterocycles. The number of para-hydroxylation sites is 1. The van der Waals surface area contributed by atoms with Crippen LogP contribution in [-0.2, 0) is 0 Å². The van der Waals surface area contributed by atoms with E-state index in [0.717, 1.165) is 37.7 Å². The van der Waals surface area contributed by atoms with Gasteiger partial charge in [0.2, 0.25) is 0 Å². The van der Waals surface area contributed by atoms with Crippen LogP contribution < -0.4 is 0 Å². The number of fused-ring (bicyclic) bond motifs is 2. The number of aliphatic imine (C=N–C) groups is 1. The maximum absolute atomic E-state index is 5.08. The highest BCUT2D eigenvalue weighted by Crippen LogP contribution is 2.40. The Morgan fingerprint density at radius 1 is 0.960 bits per heavy atom. The molecule has 2 heterocycles. The molecule has 2 aromatic rings. The lowest BCUT2D eigenvalue weighted by Gasteiger charge is -2.38. The molecule has 0 amide bonds. The van der Waals surface area contributed by atoms with Gasteiger partial charge in [-0.05, 0) is 32.0 Å². The zero-order valence-corrected chi connectivity index (χ0v) is 15.6. The minimum absolute atomic E-state index is 1.01. The van der Waals surface area contributed by atoms with Gasteiger partial charge in [0.1, 0.15) is 5.84 Å². The van der Waals surface area contributed by atoms with Crippen LogP contribution in [0.25, 0.3) is 0 Å². The van der Waals surface area contributed by atoms with Crippen molar-refractivity contribution in [1.82, 2.24) is 9.80 Å². The summed E-state index contributed by atoms with van der Waals surface area (Å²) in [6.07, 6.45) is 2.20. The molecule has 2 aliphatic heterocycles. The molecule has 25 heavy (non-hydrogen) atoms. The maximum atomic E-state index is 5.08. The number of nitrogens with zero attached hydrogens (tertiary/aromatic N) is 3. The lowest BCUT2D eigenvalue weighted by Crippen LogP contribution is -2.48. The van der Waals surface area contributed by atoms with E-state index >= 15 is 0 Å². The van der Waals surface area contributed by atoms with Crippen LogP contribution in [0.4, 0.5) is 5.69 Å². The molecule has 0 aliphatic carbocycles. The standard InChI is InChI=1S/C21H23N3S/c1-3-16(2)23-12-14-24(15-13-23)21-17-8-4-6-10-19(17)25-20-11-7-5-9-18(20)22-21/h3-11H,12-15H2,1-2H3/b16-3-. The van der Waals surface area contributed by atoms with Crippen molar-refractivity contribution in [2.75, 3.05) is 26.2 Å². The second kappa shape index (κ2) is 6.96. The van der Waals surface area contributed by atoms with Crippen LogP contribution >= 0.6 is 11.8 Å². The van der Waals surface area contributed by atoms with Crippen LogP contribution in [0.5, 0.6) is 0 Å². The predicted molar refractivity (Wildman–Crippen MR) is 106 cm³/mol. The third-order valence-corrected chi connectivity index (χ3v) is 6.08. The van der Waals surface area contributed by atoms with Crippen molar-refractivity contribution in [2.45, 2.75) is 23.6 Å². The Hall–Kier alpha value is -2.20. The first-order valence-electron chi connectivity index (χ1n) is 8.84. The number of rotatable bonds is 1. The third-order valence-electron chi connectivity index (χ3n) is 4.94. The van der Waals surface area contributed by atoms with Crippen LogP contribution in [-0.4, -0.2) is 41.8 Å². The molecule has 2 aromatic carbocycles. The van der Waals surface area contributed by atoms with E-state index in [4.69, 9.17) is 4.99 Å². The molecule has 3 nitrogen and oxygen atoms in total. The Morgan fingerprint density at radius 3 is 2.40 bits per heavy atom. The zero-order valence-electron chi connectivity index (χ0n) is 14.8. The Bertz CT molecular complexity index is 833. The quantitative estimate of drug-likeness (QED) is 0.739. The monoisotopic (exact) mass is 349 g/mol. The molecule has 2 aliphatic rings. The average Bonchev–Trinajstić information content (AvgIpc) is 2.84. The highest BCUT2D eigenvalue weighted by Gasteiger charge is 2.25. The molecule has 0 unspecified atom stereocenters. The molecule has 0 bridgehead atoms. The summed E-state index contributed by atoms with van der Waals surface area (Å²) in [7, 11) is 0. The normalized spacial score (nSPS) is 17.5. The van der Waals surface area contributed by atoms with Gasteiger partial charge in [0.25, 0.3) is 0 Å². The molecule has 0 atom stereocenters. The van der Waals surface area contributed by atoms with Crippen LogP contribution in [0.2, 0.25) is 0 Å². The van der Waals surface area contributed by atoms with E-state index < -0.39 is 0 Å². The fraction of sp³-hybridized carbons (Fsp3) is 0.286. The fourth-order valence-corrected chi connectivity index (χ4v) is 4.38. The molecular weight excluding hydrogens is 326 g/mol. The molecule has 1 fully saturated rings. The number of hydrogen-bond donors (Lipinski definition) is 0.